The summed E-state index contributed by atoms with van der Waals surface area (Å²) in [6, 6.07) is 1.58. The molecule has 0 aliphatic carbocycles. The fraction of sp³-hybridized carbons (Fsp3) is 0.625. The predicted octanol–water partition coefficient (Wildman–Crippen LogP) is -0.320. The normalized spacial score (nSPS) is 32.5. The van der Waals surface area contributed by atoms with E-state index in [-0.39, 0.29) is 17.6 Å². The lowest BCUT2D eigenvalue weighted by Crippen LogP contribution is -2.35. The number of methoxy groups -OCH3 is 1. The van der Waals surface area contributed by atoms with Gasteiger partial charge >= 0.3 is 0 Å². The average Bonchev–Trinajstić information content (AvgIpc) is 2.83. The summed E-state index contributed by atoms with van der Waals surface area (Å²) in [6.07, 6.45) is -4.17. The van der Waals surface area contributed by atoms with Gasteiger partial charge in [-0.2, -0.15) is 0 Å². The molecule has 2 aliphatic heterocycles. The largest absolute Gasteiger partial charge is 0.504 e. The van der Waals surface area contributed by atoms with Crippen molar-refractivity contribution in [2.75, 3.05) is 13.7 Å². The maximum Gasteiger partial charge on any atom is 0.229 e. The molecule has 24 heavy (non-hydrogen) atoms. The Bertz CT molecular complexity index is 604. The molecule has 5 atom stereocenters. The van der Waals surface area contributed by atoms with Crippen molar-refractivity contribution >= 4 is 0 Å². The molecule has 0 aromatic heterocycles. The van der Waals surface area contributed by atoms with Crippen LogP contribution in [0.15, 0.2) is 6.07 Å². The zero-order valence-corrected chi connectivity index (χ0v) is 13.5. The van der Waals surface area contributed by atoms with Gasteiger partial charge in [-0.15, -0.1) is 0 Å². The first kappa shape index (κ1) is 17.2. The number of aromatic hydroxyl groups is 1. The minimum absolute atomic E-state index is 0.00393. The molecule has 4 N–H and O–H groups in total. The molecule has 1 saturated heterocycles. The monoisotopic (exact) mass is 342 g/mol. The summed E-state index contributed by atoms with van der Waals surface area (Å²) >= 11 is 0. The molecule has 8 heteroatoms. The third kappa shape index (κ3) is 2.91. The quantitative estimate of drug-likeness (QED) is 0.588. The number of phenols is 1. The number of hydrogen-bond donors (Lipinski definition) is 4. The molecule has 2 aliphatic rings. The second-order valence-corrected chi connectivity index (χ2v) is 6.05. The van der Waals surface area contributed by atoms with E-state index in [1.165, 1.54) is 7.11 Å². The number of hydrogen-bond acceptors (Lipinski definition) is 8. The van der Waals surface area contributed by atoms with Gasteiger partial charge in [-0.1, -0.05) is 0 Å². The lowest BCUT2D eigenvalue weighted by molar-refractivity contribution is -0.118. The highest BCUT2D eigenvalue weighted by molar-refractivity contribution is 5.59. The molecular weight excluding hydrogens is 320 g/mol. The number of rotatable bonds is 4. The van der Waals surface area contributed by atoms with Crippen LogP contribution in [0.2, 0.25) is 0 Å². The first-order chi connectivity index (χ1) is 11.5. The van der Waals surface area contributed by atoms with E-state index in [2.05, 4.69) is 0 Å². The topological polar surface area (TPSA) is 118 Å². The highest BCUT2D eigenvalue weighted by Crippen LogP contribution is 2.45. The molecule has 134 valence electrons. The predicted molar refractivity (Wildman–Crippen MR) is 81.0 cm³/mol. The molecule has 0 unspecified atom stereocenters. The van der Waals surface area contributed by atoms with Crippen LogP contribution in [0.1, 0.15) is 18.1 Å². The number of phenolic OH excluding ortho intramolecular Hbond substituents is 1. The Morgan fingerprint density at radius 2 is 2.00 bits per heavy atom. The van der Waals surface area contributed by atoms with Crippen LogP contribution < -0.4 is 9.47 Å². The number of fused-ring (bicyclic) bond motifs is 1. The summed E-state index contributed by atoms with van der Waals surface area (Å²) in [5, 5.41) is 39.2. The minimum Gasteiger partial charge on any atom is -0.504 e. The van der Waals surface area contributed by atoms with Gasteiger partial charge in [0.25, 0.3) is 0 Å². The smallest absolute Gasteiger partial charge is 0.229 e. The molecule has 8 nitrogen and oxygen atoms in total. The van der Waals surface area contributed by atoms with E-state index in [1.54, 1.807) is 6.07 Å². The maximum absolute atomic E-state index is 10.3. The Labute approximate surface area is 139 Å². The zero-order valence-electron chi connectivity index (χ0n) is 13.5. The SMILES string of the molecule is COc1c2c(cc(O)c1O[C@H]1O[C@H](CO)[C@@H](O)[C@H]1O)C[C@@H](C)OC2. The van der Waals surface area contributed by atoms with Crippen molar-refractivity contribution in [2.45, 2.75) is 50.7 Å². The average molecular weight is 342 g/mol. The van der Waals surface area contributed by atoms with Crippen molar-refractivity contribution in [3.63, 3.8) is 0 Å². The summed E-state index contributed by atoms with van der Waals surface area (Å²) in [6.45, 7) is 1.79. The second-order valence-electron chi connectivity index (χ2n) is 6.05. The first-order valence-electron chi connectivity index (χ1n) is 7.78. The van der Waals surface area contributed by atoms with Crippen molar-refractivity contribution in [1.29, 1.82) is 0 Å². The first-order valence-corrected chi connectivity index (χ1v) is 7.78. The summed E-state index contributed by atoms with van der Waals surface area (Å²) in [5.74, 6) is 0.149. The van der Waals surface area contributed by atoms with E-state index in [0.717, 1.165) is 11.1 Å². The van der Waals surface area contributed by atoms with E-state index >= 15 is 0 Å². The molecule has 0 amide bonds. The lowest BCUT2D eigenvalue weighted by atomic mass is 9.97. The summed E-state index contributed by atoms with van der Waals surface area (Å²) in [5.41, 5.74) is 1.66. The highest BCUT2D eigenvalue weighted by atomic mass is 16.7. The summed E-state index contributed by atoms with van der Waals surface area (Å²) < 4.78 is 21.8. The van der Waals surface area contributed by atoms with Crippen LogP contribution in [0.5, 0.6) is 17.2 Å². The Morgan fingerprint density at radius 3 is 2.62 bits per heavy atom. The standard InChI is InChI=1S/C16H22O8/c1-7-3-8-4-10(18)15(14(21-2)9(8)6-22-7)24-16-13(20)12(19)11(5-17)23-16/h4,7,11-13,16-20H,3,5-6H2,1-2H3/t7-,11-,12-,13-,16-/m1/s1. The molecule has 2 heterocycles. The number of benzene rings is 1. The van der Waals surface area contributed by atoms with Gasteiger partial charge in [0, 0.05) is 5.56 Å². The van der Waals surface area contributed by atoms with Crippen molar-refractivity contribution < 1.29 is 39.4 Å². The van der Waals surface area contributed by atoms with Gasteiger partial charge in [0.15, 0.2) is 11.5 Å². The molecule has 1 fully saturated rings. The molecule has 0 spiro atoms. The molecular formula is C16H22O8. The fourth-order valence-corrected chi connectivity index (χ4v) is 3.06. The van der Waals surface area contributed by atoms with Crippen LogP contribution in [0.3, 0.4) is 0 Å². The van der Waals surface area contributed by atoms with Gasteiger partial charge < -0.3 is 39.4 Å². The Balaban J connectivity index is 1.91. The van der Waals surface area contributed by atoms with Crippen LogP contribution in [0.25, 0.3) is 0 Å². The van der Waals surface area contributed by atoms with Gasteiger partial charge in [-0.05, 0) is 25.0 Å². The van der Waals surface area contributed by atoms with Crippen molar-refractivity contribution in [2.24, 2.45) is 0 Å². The number of aliphatic hydroxyl groups is 3. The summed E-state index contributed by atoms with van der Waals surface area (Å²) in [4.78, 5) is 0. The van der Waals surface area contributed by atoms with Crippen molar-refractivity contribution in [3.05, 3.63) is 17.2 Å². The van der Waals surface area contributed by atoms with Gasteiger partial charge in [0.2, 0.25) is 12.0 Å². The van der Waals surface area contributed by atoms with E-state index in [1.807, 2.05) is 6.92 Å². The molecule has 0 saturated carbocycles. The zero-order chi connectivity index (χ0) is 17.4. The van der Waals surface area contributed by atoms with Crippen molar-refractivity contribution in [3.8, 4) is 17.2 Å². The van der Waals surface area contributed by atoms with Gasteiger partial charge in [-0.25, -0.2) is 0 Å². The van der Waals surface area contributed by atoms with Crippen LogP contribution in [-0.2, 0) is 22.5 Å². The van der Waals surface area contributed by atoms with Crippen LogP contribution >= 0.6 is 0 Å². The van der Waals surface area contributed by atoms with Gasteiger partial charge in [0.05, 0.1) is 26.4 Å². The number of ether oxygens (including phenoxy) is 4. The second kappa shape index (κ2) is 6.73. The van der Waals surface area contributed by atoms with Gasteiger partial charge in [-0.3, -0.25) is 0 Å². The van der Waals surface area contributed by atoms with E-state index < -0.39 is 31.2 Å². The van der Waals surface area contributed by atoms with E-state index in [4.69, 9.17) is 24.1 Å². The molecule has 0 radical (unpaired) electrons. The molecule has 1 aromatic carbocycles. The highest BCUT2D eigenvalue weighted by Gasteiger charge is 2.44. The third-order valence-electron chi connectivity index (χ3n) is 4.37. The van der Waals surface area contributed by atoms with Crippen molar-refractivity contribution in [1.82, 2.24) is 0 Å². The van der Waals surface area contributed by atoms with E-state index in [0.29, 0.717) is 18.8 Å². The lowest BCUT2D eigenvalue weighted by Gasteiger charge is -2.27. The molecule has 3 rings (SSSR count). The van der Waals surface area contributed by atoms with E-state index in [9.17, 15) is 15.3 Å². The van der Waals surface area contributed by atoms with Gasteiger partial charge in [0.1, 0.15) is 18.3 Å². The van der Waals surface area contributed by atoms with Crippen LogP contribution in [0, 0.1) is 0 Å². The minimum atomic E-state index is -1.36. The fourth-order valence-electron chi connectivity index (χ4n) is 3.06. The third-order valence-corrected chi connectivity index (χ3v) is 4.37. The Kier molecular flexibility index (Phi) is 4.84. The van der Waals surface area contributed by atoms with Crippen LogP contribution in [0.4, 0.5) is 0 Å². The summed E-state index contributed by atoms with van der Waals surface area (Å²) in [7, 11) is 1.44. The number of aliphatic hydroxyl groups excluding tert-OH is 3. The molecule has 1 aromatic rings. The maximum atomic E-state index is 10.3. The Morgan fingerprint density at radius 1 is 1.25 bits per heavy atom. The Hall–Kier alpha value is -1.58. The van der Waals surface area contributed by atoms with Crippen LogP contribution in [-0.4, -0.2) is 64.8 Å². The molecule has 0 bridgehead atoms.